The highest BCUT2D eigenvalue weighted by molar-refractivity contribution is 5.81. The summed E-state index contributed by atoms with van der Waals surface area (Å²) >= 11 is 0. The van der Waals surface area contributed by atoms with Crippen LogP contribution >= 0.6 is 0 Å². The molecule has 0 aromatic heterocycles. The molecule has 0 saturated carbocycles. The average molecular weight is 188 g/mol. The minimum Gasteiger partial charge on any atom is -0.434 e. The standard InChI is InChI=1S/C9H16O4/c1-3-5-7-12-9(11)13-8(10)6-4-2/h3-7H2,1-2H3. The molecule has 0 unspecified atom stereocenters. The Morgan fingerprint density at radius 3 is 2.38 bits per heavy atom. The van der Waals surface area contributed by atoms with Gasteiger partial charge in [-0.25, -0.2) is 4.79 Å². The smallest absolute Gasteiger partial charge is 0.434 e. The van der Waals surface area contributed by atoms with Crippen molar-refractivity contribution in [3.63, 3.8) is 0 Å². The maximum Gasteiger partial charge on any atom is 0.516 e. The largest absolute Gasteiger partial charge is 0.516 e. The highest BCUT2D eigenvalue weighted by Gasteiger charge is 2.09. The summed E-state index contributed by atoms with van der Waals surface area (Å²) in [6.45, 7) is 4.13. The SMILES string of the molecule is CCCCOC(=O)OC(=O)CCC. The van der Waals surface area contributed by atoms with Gasteiger partial charge in [0.05, 0.1) is 6.61 Å². The molecular weight excluding hydrogens is 172 g/mol. The van der Waals surface area contributed by atoms with E-state index in [-0.39, 0.29) is 6.42 Å². The number of rotatable bonds is 5. The first-order valence-electron chi connectivity index (χ1n) is 4.58. The van der Waals surface area contributed by atoms with Gasteiger partial charge in [0, 0.05) is 6.42 Å². The molecule has 0 heterocycles. The summed E-state index contributed by atoms with van der Waals surface area (Å²) in [6.07, 6.45) is 1.77. The minimum absolute atomic E-state index is 0.253. The lowest BCUT2D eigenvalue weighted by atomic mass is 10.3. The Balaban J connectivity index is 3.44. The van der Waals surface area contributed by atoms with Gasteiger partial charge in [-0.05, 0) is 12.8 Å². The van der Waals surface area contributed by atoms with Gasteiger partial charge in [0.2, 0.25) is 0 Å². The first-order chi connectivity index (χ1) is 6.20. The van der Waals surface area contributed by atoms with Crippen molar-refractivity contribution in [3.05, 3.63) is 0 Å². The van der Waals surface area contributed by atoms with Crippen LogP contribution in [0.2, 0.25) is 0 Å². The van der Waals surface area contributed by atoms with Crippen LogP contribution in [0.25, 0.3) is 0 Å². The summed E-state index contributed by atoms with van der Waals surface area (Å²) in [7, 11) is 0. The van der Waals surface area contributed by atoms with Crippen LogP contribution in [0.5, 0.6) is 0 Å². The molecule has 13 heavy (non-hydrogen) atoms. The number of esters is 1. The van der Waals surface area contributed by atoms with Crippen LogP contribution in [0.15, 0.2) is 0 Å². The fourth-order valence-corrected chi connectivity index (χ4v) is 0.677. The predicted octanol–water partition coefficient (Wildman–Crippen LogP) is 2.27. The maximum atomic E-state index is 10.8. The van der Waals surface area contributed by atoms with Crippen molar-refractivity contribution >= 4 is 12.1 Å². The summed E-state index contributed by atoms with van der Waals surface area (Å²) < 4.78 is 8.95. The second-order valence-electron chi connectivity index (χ2n) is 2.68. The molecule has 0 amide bonds. The van der Waals surface area contributed by atoms with Gasteiger partial charge in [-0.15, -0.1) is 0 Å². The first kappa shape index (κ1) is 11.9. The fourth-order valence-electron chi connectivity index (χ4n) is 0.677. The zero-order valence-electron chi connectivity index (χ0n) is 8.17. The molecule has 0 aromatic carbocycles. The lowest BCUT2D eigenvalue weighted by molar-refractivity contribution is -0.139. The molecule has 4 nitrogen and oxygen atoms in total. The number of hydrogen-bond donors (Lipinski definition) is 0. The first-order valence-corrected chi connectivity index (χ1v) is 4.58. The van der Waals surface area contributed by atoms with Crippen molar-refractivity contribution in [2.45, 2.75) is 39.5 Å². The number of carbonyl (C=O) groups is 2. The number of hydrogen-bond acceptors (Lipinski definition) is 4. The van der Waals surface area contributed by atoms with E-state index in [1.165, 1.54) is 0 Å². The Morgan fingerprint density at radius 1 is 1.15 bits per heavy atom. The highest BCUT2D eigenvalue weighted by atomic mass is 16.7. The van der Waals surface area contributed by atoms with Crippen LogP contribution in [0.3, 0.4) is 0 Å². The molecule has 0 rings (SSSR count). The van der Waals surface area contributed by atoms with Crippen LogP contribution in [-0.4, -0.2) is 18.7 Å². The molecule has 0 atom stereocenters. The molecule has 0 fully saturated rings. The van der Waals surface area contributed by atoms with E-state index in [1.54, 1.807) is 0 Å². The van der Waals surface area contributed by atoms with E-state index in [0.29, 0.717) is 13.0 Å². The van der Waals surface area contributed by atoms with Crippen molar-refractivity contribution in [2.75, 3.05) is 6.61 Å². The van der Waals surface area contributed by atoms with Crippen molar-refractivity contribution in [2.24, 2.45) is 0 Å². The second kappa shape index (κ2) is 7.58. The quantitative estimate of drug-likeness (QED) is 0.377. The van der Waals surface area contributed by atoms with Crippen LogP contribution in [0.1, 0.15) is 39.5 Å². The number of carbonyl (C=O) groups excluding carboxylic acids is 2. The molecule has 0 aliphatic carbocycles. The van der Waals surface area contributed by atoms with E-state index in [4.69, 9.17) is 0 Å². The molecule has 0 N–H and O–H groups in total. The molecule has 0 radical (unpaired) electrons. The van der Waals surface area contributed by atoms with Crippen LogP contribution in [-0.2, 0) is 14.3 Å². The Labute approximate surface area is 78.2 Å². The fraction of sp³-hybridized carbons (Fsp3) is 0.778. The van der Waals surface area contributed by atoms with E-state index in [0.717, 1.165) is 12.8 Å². The van der Waals surface area contributed by atoms with Gasteiger partial charge in [-0.1, -0.05) is 20.3 Å². The molecule has 76 valence electrons. The van der Waals surface area contributed by atoms with Crippen LogP contribution in [0.4, 0.5) is 4.79 Å². The Bertz CT molecular complexity index is 165. The normalized spacial score (nSPS) is 9.38. The van der Waals surface area contributed by atoms with Crippen molar-refractivity contribution < 1.29 is 19.1 Å². The van der Waals surface area contributed by atoms with E-state index in [9.17, 15) is 9.59 Å². The molecule has 0 saturated heterocycles. The average Bonchev–Trinajstić information content (AvgIpc) is 2.05. The van der Waals surface area contributed by atoms with Crippen LogP contribution in [0, 0.1) is 0 Å². The Hall–Kier alpha value is -1.06. The number of unbranched alkanes of at least 4 members (excludes halogenated alkanes) is 1. The topological polar surface area (TPSA) is 52.6 Å². The summed E-state index contributed by atoms with van der Waals surface area (Å²) in [6, 6.07) is 0. The molecular formula is C9H16O4. The van der Waals surface area contributed by atoms with Crippen molar-refractivity contribution in [3.8, 4) is 0 Å². The van der Waals surface area contributed by atoms with Gasteiger partial charge in [0.15, 0.2) is 0 Å². The van der Waals surface area contributed by atoms with Gasteiger partial charge in [0.25, 0.3) is 0 Å². The summed E-state index contributed by atoms with van der Waals surface area (Å²) in [5.74, 6) is -0.524. The Morgan fingerprint density at radius 2 is 1.85 bits per heavy atom. The van der Waals surface area contributed by atoms with E-state index in [1.807, 2.05) is 13.8 Å². The minimum atomic E-state index is -0.883. The molecule has 4 heteroatoms. The lowest BCUT2D eigenvalue weighted by Crippen LogP contribution is -2.13. The van der Waals surface area contributed by atoms with Gasteiger partial charge >= 0.3 is 12.1 Å². The second-order valence-corrected chi connectivity index (χ2v) is 2.68. The summed E-state index contributed by atoms with van der Waals surface area (Å²) in [5, 5.41) is 0. The predicted molar refractivity (Wildman–Crippen MR) is 47.3 cm³/mol. The van der Waals surface area contributed by atoms with Gasteiger partial charge in [-0.2, -0.15) is 0 Å². The third-order valence-corrected chi connectivity index (χ3v) is 1.37. The third-order valence-electron chi connectivity index (χ3n) is 1.37. The maximum absolute atomic E-state index is 10.8. The van der Waals surface area contributed by atoms with Gasteiger partial charge < -0.3 is 9.47 Å². The van der Waals surface area contributed by atoms with Crippen molar-refractivity contribution in [1.29, 1.82) is 0 Å². The lowest BCUT2D eigenvalue weighted by Gasteiger charge is -2.02. The zero-order chi connectivity index (χ0) is 10.1. The van der Waals surface area contributed by atoms with Crippen molar-refractivity contribution in [1.82, 2.24) is 0 Å². The molecule has 0 aromatic rings. The molecule has 0 bridgehead atoms. The highest BCUT2D eigenvalue weighted by Crippen LogP contribution is 1.95. The zero-order valence-corrected chi connectivity index (χ0v) is 8.17. The van der Waals surface area contributed by atoms with E-state index in [2.05, 4.69) is 9.47 Å². The van der Waals surface area contributed by atoms with Gasteiger partial charge in [-0.3, -0.25) is 4.79 Å². The molecule has 0 spiro atoms. The third kappa shape index (κ3) is 7.31. The van der Waals surface area contributed by atoms with Gasteiger partial charge in [0.1, 0.15) is 0 Å². The molecule has 0 aliphatic rings. The van der Waals surface area contributed by atoms with E-state index < -0.39 is 12.1 Å². The van der Waals surface area contributed by atoms with Crippen LogP contribution < -0.4 is 0 Å². The Kier molecular flexibility index (Phi) is 6.96. The molecule has 0 aliphatic heterocycles. The number of ether oxygens (including phenoxy) is 2. The van der Waals surface area contributed by atoms with E-state index >= 15 is 0 Å². The summed E-state index contributed by atoms with van der Waals surface area (Å²) in [5.41, 5.74) is 0. The summed E-state index contributed by atoms with van der Waals surface area (Å²) in [4.78, 5) is 21.5. The monoisotopic (exact) mass is 188 g/mol.